The molecule has 3 aromatic carbocycles. The number of Topliss-reactive ketones (excluding diaryl/α,β-unsaturated/α-hetero) is 1. The number of carbonyl (C=O) groups is 1. The van der Waals surface area contributed by atoms with E-state index in [1.165, 1.54) is 11.1 Å². The van der Waals surface area contributed by atoms with Crippen molar-refractivity contribution in [1.82, 2.24) is 0 Å². The molecular weight excluding hydrogens is 408 g/mol. The molecule has 1 aliphatic heterocycles. The number of hydrogen-bond donors (Lipinski definition) is 2. The van der Waals surface area contributed by atoms with Crippen LogP contribution in [0.4, 0.5) is 11.4 Å². The second kappa shape index (κ2) is 8.78. The lowest BCUT2D eigenvalue weighted by molar-refractivity contribution is -0.116. The van der Waals surface area contributed by atoms with Gasteiger partial charge in [-0.05, 0) is 59.2 Å². The summed E-state index contributed by atoms with van der Waals surface area (Å²) in [7, 11) is 1.67. The fraction of sp³-hybridized carbons (Fsp3) is 0.276. The zero-order chi connectivity index (χ0) is 22.9. The highest BCUT2D eigenvalue weighted by molar-refractivity contribution is 6.01. The highest BCUT2D eigenvalue weighted by Crippen LogP contribution is 2.44. The number of ether oxygens (including phenoxy) is 1. The molecule has 2 N–H and O–H groups in total. The van der Waals surface area contributed by atoms with Crippen molar-refractivity contribution < 1.29 is 9.53 Å². The maximum absolute atomic E-state index is 13.6. The van der Waals surface area contributed by atoms with E-state index in [9.17, 15) is 4.79 Å². The molecule has 0 aromatic heterocycles. The number of fused-ring (bicyclic) bond motifs is 1. The third-order valence-corrected chi connectivity index (χ3v) is 6.83. The molecular formula is C29H30N2O2. The molecule has 0 spiro atoms. The van der Waals surface area contributed by atoms with Gasteiger partial charge in [-0.2, -0.15) is 0 Å². The van der Waals surface area contributed by atoms with Gasteiger partial charge in [-0.15, -0.1) is 0 Å². The number of nitrogens with one attached hydrogen (secondary N) is 2. The van der Waals surface area contributed by atoms with Gasteiger partial charge >= 0.3 is 0 Å². The maximum atomic E-state index is 13.6. The average Bonchev–Trinajstić information content (AvgIpc) is 3.01. The fourth-order valence-electron chi connectivity index (χ4n) is 4.93. The summed E-state index contributed by atoms with van der Waals surface area (Å²) >= 11 is 0. The van der Waals surface area contributed by atoms with E-state index in [1.54, 1.807) is 7.11 Å². The lowest BCUT2D eigenvalue weighted by Crippen LogP contribution is -2.26. The molecule has 2 atom stereocenters. The topological polar surface area (TPSA) is 50.4 Å². The van der Waals surface area contributed by atoms with E-state index in [0.717, 1.165) is 40.4 Å². The van der Waals surface area contributed by atoms with Crippen molar-refractivity contribution in [2.45, 2.75) is 44.6 Å². The Morgan fingerprint density at radius 1 is 0.848 bits per heavy atom. The largest absolute Gasteiger partial charge is 0.497 e. The summed E-state index contributed by atoms with van der Waals surface area (Å²) in [5, 5.41) is 7.28. The molecule has 3 aromatic rings. The number of carbonyl (C=O) groups excluding carboxylic acids is 1. The Hall–Kier alpha value is -3.53. The summed E-state index contributed by atoms with van der Waals surface area (Å²) in [6, 6.07) is 24.8. The highest BCUT2D eigenvalue weighted by Gasteiger charge is 2.36. The van der Waals surface area contributed by atoms with E-state index in [-0.39, 0.29) is 17.7 Å². The quantitative estimate of drug-likeness (QED) is 0.470. The van der Waals surface area contributed by atoms with Crippen molar-refractivity contribution in [2.75, 3.05) is 17.7 Å². The number of para-hydroxylation sites is 2. The van der Waals surface area contributed by atoms with Crippen molar-refractivity contribution in [3.8, 4) is 5.75 Å². The Labute approximate surface area is 195 Å². The lowest BCUT2D eigenvalue weighted by atomic mass is 9.78. The average molecular weight is 439 g/mol. The predicted octanol–water partition coefficient (Wildman–Crippen LogP) is 6.80. The molecule has 0 saturated heterocycles. The minimum Gasteiger partial charge on any atom is -0.497 e. The first-order valence-corrected chi connectivity index (χ1v) is 11.7. The molecule has 5 rings (SSSR count). The molecule has 0 fully saturated rings. The first-order chi connectivity index (χ1) is 16.0. The van der Waals surface area contributed by atoms with Crippen molar-refractivity contribution in [1.29, 1.82) is 0 Å². The van der Waals surface area contributed by atoms with Gasteiger partial charge in [-0.3, -0.25) is 4.79 Å². The molecule has 2 aliphatic rings. The van der Waals surface area contributed by atoms with Crippen LogP contribution < -0.4 is 15.4 Å². The highest BCUT2D eigenvalue weighted by atomic mass is 16.5. The molecule has 0 bridgehead atoms. The molecule has 1 heterocycles. The Balaban J connectivity index is 1.55. The number of ketones is 1. The molecule has 1 aliphatic carbocycles. The number of rotatable bonds is 4. The molecule has 0 radical (unpaired) electrons. The van der Waals surface area contributed by atoms with Crippen molar-refractivity contribution in [3.63, 3.8) is 0 Å². The van der Waals surface area contributed by atoms with Crippen molar-refractivity contribution in [2.24, 2.45) is 0 Å². The van der Waals surface area contributed by atoms with Gasteiger partial charge in [0.05, 0.1) is 24.5 Å². The third kappa shape index (κ3) is 4.13. The summed E-state index contributed by atoms with van der Waals surface area (Å²) in [6.07, 6.45) is 1.30. The van der Waals surface area contributed by atoms with E-state index < -0.39 is 0 Å². The number of hydrogen-bond acceptors (Lipinski definition) is 4. The Morgan fingerprint density at radius 2 is 1.52 bits per heavy atom. The second-order valence-electron chi connectivity index (χ2n) is 9.26. The van der Waals surface area contributed by atoms with Crippen LogP contribution in [0.1, 0.15) is 61.3 Å². The normalized spacial score (nSPS) is 19.8. The first-order valence-electron chi connectivity index (χ1n) is 11.7. The van der Waals surface area contributed by atoms with Crippen LogP contribution in [0.3, 0.4) is 0 Å². The maximum Gasteiger partial charge on any atom is 0.163 e. The molecule has 0 unspecified atom stereocenters. The van der Waals surface area contributed by atoms with Gasteiger partial charge in [0.15, 0.2) is 5.78 Å². The van der Waals surface area contributed by atoms with E-state index in [1.807, 2.05) is 24.3 Å². The standard InChI is InChI=1S/C29H30N2O2/c1-18(2)19-8-10-21(11-9-19)29-28-26(30-24-6-4-5-7-25(24)31-29)16-22(17-27(28)32)20-12-14-23(33-3)15-13-20/h4-15,18,22,29-31H,16-17H2,1-3H3/t22-,29+/m1/s1. The zero-order valence-electron chi connectivity index (χ0n) is 19.4. The summed E-state index contributed by atoms with van der Waals surface area (Å²) < 4.78 is 5.31. The van der Waals surface area contributed by atoms with Crippen LogP contribution in [0.5, 0.6) is 5.75 Å². The number of anilines is 2. The minimum absolute atomic E-state index is 0.142. The van der Waals surface area contributed by atoms with Gasteiger partial charge in [-0.1, -0.05) is 62.4 Å². The zero-order valence-corrected chi connectivity index (χ0v) is 19.4. The Bertz CT molecular complexity index is 1190. The van der Waals surface area contributed by atoms with E-state index in [0.29, 0.717) is 12.3 Å². The number of benzene rings is 3. The van der Waals surface area contributed by atoms with Crippen molar-refractivity contribution >= 4 is 17.2 Å². The molecule has 0 amide bonds. The summed E-state index contributed by atoms with van der Waals surface area (Å²) in [5.74, 6) is 1.64. The summed E-state index contributed by atoms with van der Waals surface area (Å²) in [5.41, 5.74) is 7.47. The van der Waals surface area contributed by atoms with Gasteiger partial charge in [0.25, 0.3) is 0 Å². The monoisotopic (exact) mass is 438 g/mol. The van der Waals surface area contributed by atoms with E-state index in [2.05, 4.69) is 73.0 Å². The van der Waals surface area contributed by atoms with Crippen LogP contribution in [0.2, 0.25) is 0 Å². The van der Waals surface area contributed by atoms with Gasteiger partial charge in [0.2, 0.25) is 0 Å². The van der Waals surface area contributed by atoms with Crippen molar-refractivity contribution in [3.05, 3.63) is 101 Å². The predicted molar refractivity (Wildman–Crippen MR) is 134 cm³/mol. The number of methoxy groups -OCH3 is 1. The van der Waals surface area contributed by atoms with E-state index in [4.69, 9.17) is 4.74 Å². The third-order valence-electron chi connectivity index (χ3n) is 6.83. The minimum atomic E-state index is -0.179. The smallest absolute Gasteiger partial charge is 0.163 e. The fourth-order valence-corrected chi connectivity index (χ4v) is 4.93. The summed E-state index contributed by atoms with van der Waals surface area (Å²) in [6.45, 7) is 4.40. The van der Waals surface area contributed by atoms with Crippen LogP contribution >= 0.6 is 0 Å². The van der Waals surface area contributed by atoms with Crippen LogP contribution in [0, 0.1) is 0 Å². The van der Waals surface area contributed by atoms with Crippen LogP contribution in [-0.4, -0.2) is 12.9 Å². The van der Waals surface area contributed by atoms with Crippen LogP contribution in [0.15, 0.2) is 84.1 Å². The summed E-state index contributed by atoms with van der Waals surface area (Å²) in [4.78, 5) is 13.6. The van der Waals surface area contributed by atoms with Gasteiger partial charge in [-0.25, -0.2) is 0 Å². The molecule has 33 heavy (non-hydrogen) atoms. The van der Waals surface area contributed by atoms with E-state index >= 15 is 0 Å². The van der Waals surface area contributed by atoms with Gasteiger partial charge in [0.1, 0.15) is 5.75 Å². The first kappa shape index (κ1) is 21.3. The SMILES string of the molecule is COc1ccc([C@H]2CC(=O)C3=C(C2)Nc2ccccc2N[C@H]3c2ccc(C(C)C)cc2)cc1. The molecule has 0 saturated carbocycles. The molecule has 4 heteroatoms. The van der Waals surface area contributed by atoms with Gasteiger partial charge in [0, 0.05) is 17.7 Å². The molecule has 4 nitrogen and oxygen atoms in total. The Kier molecular flexibility index (Phi) is 5.67. The number of allylic oxidation sites excluding steroid dienone is 1. The van der Waals surface area contributed by atoms with Gasteiger partial charge < -0.3 is 15.4 Å². The lowest BCUT2D eigenvalue weighted by Gasteiger charge is -2.30. The molecule has 168 valence electrons. The second-order valence-corrected chi connectivity index (χ2v) is 9.26. The van der Waals surface area contributed by atoms with Crippen LogP contribution in [-0.2, 0) is 4.79 Å². The Morgan fingerprint density at radius 3 is 2.18 bits per heavy atom. The van der Waals surface area contributed by atoms with Crippen LogP contribution in [0.25, 0.3) is 0 Å².